The third kappa shape index (κ3) is 17.0. The second-order valence-corrected chi connectivity index (χ2v) is 7.64. The second kappa shape index (κ2) is 20.4. The predicted molar refractivity (Wildman–Crippen MR) is 120 cm³/mol. The van der Waals surface area contributed by atoms with Gasteiger partial charge in [0.1, 0.15) is 0 Å². The van der Waals surface area contributed by atoms with Gasteiger partial charge in [0.25, 0.3) is 0 Å². The van der Waals surface area contributed by atoms with Crippen LogP contribution in [-0.2, 0) is 23.9 Å². The Labute approximate surface area is 183 Å². The molecule has 1 fully saturated rings. The normalized spacial score (nSPS) is 12.9. The number of hydrogen-bond donors (Lipinski definition) is 0. The molecule has 0 aromatic carbocycles. The molecule has 0 radical (unpaired) electrons. The molecule has 0 aromatic rings. The lowest BCUT2D eigenvalue weighted by atomic mass is 10.1. The zero-order chi connectivity index (χ0) is 22.5. The largest absolute Gasteiger partial charge is 0.466 e. The van der Waals surface area contributed by atoms with Crippen LogP contribution in [0.15, 0.2) is 12.8 Å². The Balaban J connectivity index is 0.000000867. The molecule has 6 heteroatoms. The van der Waals surface area contributed by atoms with E-state index in [1.165, 1.54) is 0 Å². The van der Waals surface area contributed by atoms with E-state index < -0.39 is 0 Å². The van der Waals surface area contributed by atoms with Gasteiger partial charge in [-0.15, -0.1) is 0 Å². The van der Waals surface area contributed by atoms with Crippen LogP contribution in [0.3, 0.4) is 0 Å². The van der Waals surface area contributed by atoms with Crippen LogP contribution in [0.25, 0.3) is 0 Å². The van der Waals surface area contributed by atoms with Crippen LogP contribution in [0.5, 0.6) is 0 Å². The molecule has 1 rings (SSSR count). The number of hydrogen-bond acceptors (Lipinski definition) is 5. The van der Waals surface area contributed by atoms with Crippen LogP contribution in [0, 0.1) is 0 Å². The molecule has 0 saturated carbocycles. The Kier molecular flexibility index (Phi) is 19.2. The van der Waals surface area contributed by atoms with Gasteiger partial charge in [-0.2, -0.15) is 0 Å². The summed E-state index contributed by atoms with van der Waals surface area (Å²) in [6.07, 6.45) is 14.5. The van der Waals surface area contributed by atoms with E-state index in [1.807, 2.05) is 0 Å². The summed E-state index contributed by atoms with van der Waals surface area (Å²) in [5, 5.41) is 0. The summed E-state index contributed by atoms with van der Waals surface area (Å²) >= 11 is 0. The topological polar surface area (TPSA) is 72.9 Å². The van der Waals surface area contributed by atoms with Gasteiger partial charge in [0.05, 0.1) is 13.2 Å². The third-order valence-corrected chi connectivity index (χ3v) is 4.86. The highest BCUT2D eigenvalue weighted by Gasteiger charge is 2.16. The van der Waals surface area contributed by atoms with Gasteiger partial charge in [-0.05, 0) is 38.3 Å². The van der Waals surface area contributed by atoms with E-state index in [2.05, 4.69) is 20.4 Å². The minimum absolute atomic E-state index is 0.0664. The zero-order valence-corrected chi connectivity index (χ0v) is 19.3. The van der Waals surface area contributed by atoms with Crippen LogP contribution in [-0.4, -0.2) is 42.5 Å². The van der Waals surface area contributed by atoms with Crippen LogP contribution in [0.2, 0.25) is 0 Å². The molecule has 1 amide bonds. The molecule has 0 aromatic heterocycles. The monoisotopic (exact) mass is 425 g/mol. The van der Waals surface area contributed by atoms with Crippen LogP contribution in [0.4, 0.5) is 0 Å². The first-order valence-electron chi connectivity index (χ1n) is 11.8. The van der Waals surface area contributed by atoms with Gasteiger partial charge < -0.3 is 14.4 Å². The van der Waals surface area contributed by atoms with E-state index >= 15 is 0 Å². The van der Waals surface area contributed by atoms with E-state index in [9.17, 15) is 14.4 Å². The summed E-state index contributed by atoms with van der Waals surface area (Å²) in [7, 11) is 0. The summed E-state index contributed by atoms with van der Waals surface area (Å²) in [5.41, 5.74) is 0. The number of nitrogens with zero attached hydrogens (tertiary/aromatic N) is 1. The minimum atomic E-state index is -0.0664. The summed E-state index contributed by atoms with van der Waals surface area (Å²) < 4.78 is 10.2. The molecule has 0 unspecified atom stereocenters. The Morgan fingerprint density at radius 3 is 1.67 bits per heavy atom. The first kappa shape index (κ1) is 28.1. The maximum atomic E-state index is 11.4. The summed E-state index contributed by atoms with van der Waals surface area (Å²) in [6.45, 7) is 9.64. The first-order valence-corrected chi connectivity index (χ1v) is 11.8. The van der Waals surface area contributed by atoms with Crippen molar-refractivity contribution in [2.75, 3.05) is 19.8 Å². The highest BCUT2D eigenvalue weighted by atomic mass is 16.5. The Morgan fingerprint density at radius 2 is 1.33 bits per heavy atom. The molecular weight excluding hydrogens is 382 g/mol. The van der Waals surface area contributed by atoms with E-state index in [0.717, 1.165) is 77.2 Å². The number of rotatable bonds is 16. The Hall–Kier alpha value is -1.85. The van der Waals surface area contributed by atoms with E-state index in [1.54, 1.807) is 11.1 Å². The summed E-state index contributed by atoms with van der Waals surface area (Å²) in [4.78, 5) is 35.0. The second-order valence-electron chi connectivity index (χ2n) is 7.64. The molecule has 0 atom stereocenters. The highest BCUT2D eigenvalue weighted by Crippen LogP contribution is 2.10. The molecule has 0 aliphatic carbocycles. The number of carbonyl (C=O) groups is 3. The van der Waals surface area contributed by atoms with Crippen molar-refractivity contribution in [3.05, 3.63) is 12.8 Å². The summed E-state index contributed by atoms with van der Waals surface area (Å²) in [6, 6.07) is 0. The van der Waals surface area contributed by atoms with Crippen molar-refractivity contribution >= 4 is 17.8 Å². The fraction of sp³-hybridized carbons (Fsp3) is 0.792. The van der Waals surface area contributed by atoms with Crippen molar-refractivity contribution in [2.45, 2.75) is 104 Å². The smallest absolute Gasteiger partial charge is 0.305 e. The highest BCUT2D eigenvalue weighted by molar-refractivity contribution is 5.78. The number of unbranched alkanes of at least 4 members (excludes halogenated alkanes) is 7. The third-order valence-electron chi connectivity index (χ3n) is 4.86. The number of ether oxygens (including phenoxy) is 2. The van der Waals surface area contributed by atoms with Crippen molar-refractivity contribution in [1.29, 1.82) is 0 Å². The molecule has 0 bridgehead atoms. The van der Waals surface area contributed by atoms with Gasteiger partial charge >= 0.3 is 11.9 Å². The number of amides is 1. The Bertz CT molecular complexity index is 450. The standard InChI is InChI=1S/C18H34O4.C6H9NO/c1-3-5-15-21-17(19)13-11-9-7-8-10-12-14-18(20)22-16-6-4-2;1-2-7-5-3-4-6(7)8/h3-16H2,1-2H3;2H,1,3-5H2. The molecule has 30 heavy (non-hydrogen) atoms. The van der Waals surface area contributed by atoms with Crippen molar-refractivity contribution < 1.29 is 23.9 Å². The molecule has 174 valence electrons. The fourth-order valence-electron chi connectivity index (χ4n) is 2.91. The quantitative estimate of drug-likeness (QED) is 0.240. The molecule has 0 spiro atoms. The molecule has 0 N–H and O–H groups in total. The van der Waals surface area contributed by atoms with Gasteiger partial charge in [0.15, 0.2) is 0 Å². The maximum absolute atomic E-state index is 11.4. The number of esters is 2. The van der Waals surface area contributed by atoms with E-state index in [0.29, 0.717) is 32.5 Å². The Morgan fingerprint density at radius 1 is 0.867 bits per heavy atom. The van der Waals surface area contributed by atoms with Crippen molar-refractivity contribution in [3.8, 4) is 0 Å². The van der Waals surface area contributed by atoms with Crippen molar-refractivity contribution in [1.82, 2.24) is 4.90 Å². The zero-order valence-electron chi connectivity index (χ0n) is 19.3. The van der Waals surface area contributed by atoms with Crippen molar-refractivity contribution in [2.24, 2.45) is 0 Å². The maximum Gasteiger partial charge on any atom is 0.305 e. The number of carbonyl (C=O) groups excluding carboxylic acids is 3. The van der Waals surface area contributed by atoms with Gasteiger partial charge in [-0.25, -0.2) is 0 Å². The van der Waals surface area contributed by atoms with Gasteiger partial charge in [-0.3, -0.25) is 14.4 Å². The predicted octanol–water partition coefficient (Wildman–Crippen LogP) is 5.55. The van der Waals surface area contributed by atoms with Crippen molar-refractivity contribution in [3.63, 3.8) is 0 Å². The van der Waals surface area contributed by atoms with E-state index in [4.69, 9.17) is 9.47 Å². The van der Waals surface area contributed by atoms with Gasteiger partial charge in [0.2, 0.25) is 5.91 Å². The lowest BCUT2D eigenvalue weighted by Crippen LogP contribution is -2.16. The van der Waals surface area contributed by atoms with Crippen LogP contribution < -0.4 is 0 Å². The molecule has 1 aliphatic heterocycles. The molecular formula is C24H43NO5. The molecule has 6 nitrogen and oxygen atoms in total. The molecule has 1 heterocycles. The van der Waals surface area contributed by atoms with E-state index in [-0.39, 0.29) is 17.8 Å². The van der Waals surface area contributed by atoms with Gasteiger partial charge in [0, 0.05) is 25.8 Å². The average molecular weight is 426 g/mol. The first-order chi connectivity index (χ1) is 14.5. The molecule has 1 saturated heterocycles. The minimum Gasteiger partial charge on any atom is -0.466 e. The summed E-state index contributed by atoms with van der Waals surface area (Å²) in [5.74, 6) is 0.0755. The lowest BCUT2D eigenvalue weighted by Gasteiger charge is -2.05. The number of likely N-dealkylation sites (tertiary alicyclic amines) is 1. The van der Waals surface area contributed by atoms with Gasteiger partial charge in [-0.1, -0.05) is 59.0 Å². The van der Waals surface area contributed by atoms with Crippen LogP contribution >= 0.6 is 0 Å². The molecule has 1 aliphatic rings. The fourth-order valence-corrected chi connectivity index (χ4v) is 2.91. The lowest BCUT2D eigenvalue weighted by molar-refractivity contribution is -0.144. The average Bonchev–Trinajstić information content (AvgIpc) is 3.16. The van der Waals surface area contributed by atoms with Crippen LogP contribution in [0.1, 0.15) is 104 Å². The SMILES string of the molecule is C=CN1CCCC1=O.CCCCOC(=O)CCCCCCCCC(=O)OCCCC.